The summed E-state index contributed by atoms with van der Waals surface area (Å²) in [6.45, 7) is 3.74. The van der Waals surface area contributed by atoms with Gasteiger partial charge in [-0.1, -0.05) is 17.7 Å². The summed E-state index contributed by atoms with van der Waals surface area (Å²) < 4.78 is 10.4. The van der Waals surface area contributed by atoms with Gasteiger partial charge in [0.1, 0.15) is 5.75 Å². The van der Waals surface area contributed by atoms with Gasteiger partial charge in [-0.25, -0.2) is 0 Å². The van der Waals surface area contributed by atoms with Crippen LogP contribution in [0.2, 0.25) is 0 Å². The molecule has 1 aromatic carbocycles. The van der Waals surface area contributed by atoms with Gasteiger partial charge in [0.15, 0.2) is 0 Å². The van der Waals surface area contributed by atoms with Gasteiger partial charge in [-0.2, -0.15) is 0 Å². The Morgan fingerprint density at radius 3 is 2.61 bits per heavy atom. The quantitative estimate of drug-likeness (QED) is 0.718. The first-order valence-corrected chi connectivity index (χ1v) is 6.17. The average molecular weight is 251 g/mol. The van der Waals surface area contributed by atoms with E-state index in [4.69, 9.17) is 9.47 Å². The van der Waals surface area contributed by atoms with Gasteiger partial charge in [-0.15, -0.1) is 0 Å². The van der Waals surface area contributed by atoms with E-state index in [9.17, 15) is 4.79 Å². The lowest BCUT2D eigenvalue weighted by Crippen LogP contribution is -2.26. The molecule has 0 unspecified atom stereocenters. The summed E-state index contributed by atoms with van der Waals surface area (Å²) in [6, 6.07) is 7.79. The highest BCUT2D eigenvalue weighted by atomic mass is 16.5. The van der Waals surface area contributed by atoms with E-state index in [2.05, 4.69) is 5.32 Å². The normalized spacial score (nSPS) is 10.1. The molecule has 4 heteroatoms. The summed E-state index contributed by atoms with van der Waals surface area (Å²) in [5.41, 5.74) is 1.19. The molecule has 0 saturated heterocycles. The number of hydrogen-bond acceptors (Lipinski definition) is 3. The van der Waals surface area contributed by atoms with Crippen molar-refractivity contribution < 1.29 is 14.3 Å². The van der Waals surface area contributed by atoms with Crippen LogP contribution in [0.1, 0.15) is 18.4 Å². The first-order valence-electron chi connectivity index (χ1n) is 6.17. The van der Waals surface area contributed by atoms with Crippen LogP contribution in [-0.4, -0.2) is 32.8 Å². The fourth-order valence-electron chi connectivity index (χ4n) is 1.43. The van der Waals surface area contributed by atoms with E-state index in [0.29, 0.717) is 26.2 Å². The van der Waals surface area contributed by atoms with Crippen LogP contribution in [0.3, 0.4) is 0 Å². The zero-order chi connectivity index (χ0) is 13.2. The van der Waals surface area contributed by atoms with Gasteiger partial charge in [-0.05, 0) is 25.5 Å². The summed E-state index contributed by atoms with van der Waals surface area (Å²) in [5, 5.41) is 2.81. The first kappa shape index (κ1) is 14.5. The molecular formula is C14H21NO3. The largest absolute Gasteiger partial charge is 0.493 e. The molecule has 1 aromatic rings. The van der Waals surface area contributed by atoms with Crippen molar-refractivity contribution in [3.63, 3.8) is 0 Å². The molecule has 0 aromatic heterocycles. The average Bonchev–Trinajstić information content (AvgIpc) is 2.37. The molecule has 100 valence electrons. The van der Waals surface area contributed by atoms with Gasteiger partial charge < -0.3 is 14.8 Å². The minimum atomic E-state index is 0.0122. The van der Waals surface area contributed by atoms with Gasteiger partial charge >= 0.3 is 0 Å². The predicted octanol–water partition coefficient (Wildman–Crippen LogP) is 1.92. The lowest BCUT2D eigenvalue weighted by atomic mass is 10.2. The van der Waals surface area contributed by atoms with Crippen molar-refractivity contribution in [2.75, 3.05) is 26.9 Å². The third-order valence-electron chi connectivity index (χ3n) is 2.47. The molecular weight excluding hydrogens is 230 g/mol. The van der Waals surface area contributed by atoms with E-state index >= 15 is 0 Å². The number of carbonyl (C=O) groups excluding carboxylic acids is 1. The molecule has 0 saturated carbocycles. The summed E-state index contributed by atoms with van der Waals surface area (Å²) in [6.07, 6.45) is 1.21. The van der Waals surface area contributed by atoms with Crippen molar-refractivity contribution in [3.8, 4) is 5.75 Å². The zero-order valence-electron chi connectivity index (χ0n) is 11.1. The number of ether oxygens (including phenoxy) is 2. The van der Waals surface area contributed by atoms with Gasteiger partial charge in [0, 0.05) is 20.3 Å². The highest BCUT2D eigenvalue weighted by Gasteiger charge is 2.01. The third-order valence-corrected chi connectivity index (χ3v) is 2.47. The molecule has 0 heterocycles. The SMILES string of the molecule is COCCCNC(=O)CCOc1ccc(C)cc1. The summed E-state index contributed by atoms with van der Waals surface area (Å²) in [4.78, 5) is 11.4. The molecule has 0 atom stereocenters. The lowest BCUT2D eigenvalue weighted by molar-refractivity contribution is -0.121. The Balaban J connectivity index is 2.10. The van der Waals surface area contributed by atoms with Gasteiger partial charge in [0.2, 0.25) is 5.91 Å². The van der Waals surface area contributed by atoms with Gasteiger partial charge in [0.05, 0.1) is 13.0 Å². The molecule has 0 bridgehead atoms. The van der Waals surface area contributed by atoms with E-state index in [1.165, 1.54) is 5.56 Å². The second-order valence-electron chi connectivity index (χ2n) is 4.11. The van der Waals surface area contributed by atoms with Crippen molar-refractivity contribution in [1.82, 2.24) is 5.32 Å². The molecule has 0 spiro atoms. The van der Waals surface area contributed by atoms with Crippen molar-refractivity contribution in [2.45, 2.75) is 19.8 Å². The Labute approximate surface area is 108 Å². The molecule has 0 aliphatic rings. The van der Waals surface area contributed by atoms with Crippen LogP contribution in [-0.2, 0) is 9.53 Å². The Kier molecular flexibility index (Phi) is 6.87. The number of benzene rings is 1. The molecule has 0 fully saturated rings. The molecule has 0 aliphatic heterocycles. The predicted molar refractivity (Wildman–Crippen MR) is 70.8 cm³/mol. The zero-order valence-corrected chi connectivity index (χ0v) is 11.1. The summed E-state index contributed by atoms with van der Waals surface area (Å²) >= 11 is 0. The van der Waals surface area contributed by atoms with E-state index in [0.717, 1.165) is 12.2 Å². The van der Waals surface area contributed by atoms with Gasteiger partial charge in [-0.3, -0.25) is 4.79 Å². The van der Waals surface area contributed by atoms with E-state index in [1.807, 2.05) is 31.2 Å². The Morgan fingerprint density at radius 2 is 1.94 bits per heavy atom. The van der Waals surface area contributed by atoms with Crippen LogP contribution in [0.15, 0.2) is 24.3 Å². The standard InChI is InChI=1S/C14H21NO3/c1-12-4-6-13(7-5-12)18-11-8-14(16)15-9-3-10-17-2/h4-7H,3,8-11H2,1-2H3,(H,15,16). The number of hydrogen-bond donors (Lipinski definition) is 1. The maximum Gasteiger partial charge on any atom is 0.223 e. The van der Waals surface area contributed by atoms with Crippen molar-refractivity contribution >= 4 is 5.91 Å². The lowest BCUT2D eigenvalue weighted by Gasteiger charge is -2.07. The maximum absolute atomic E-state index is 11.4. The molecule has 4 nitrogen and oxygen atoms in total. The van der Waals surface area contributed by atoms with Crippen LogP contribution in [0.5, 0.6) is 5.75 Å². The molecule has 1 amide bonds. The number of amides is 1. The summed E-state index contributed by atoms with van der Waals surface area (Å²) in [7, 11) is 1.65. The third kappa shape index (κ3) is 6.25. The van der Waals surface area contributed by atoms with Crippen molar-refractivity contribution in [2.24, 2.45) is 0 Å². The molecule has 18 heavy (non-hydrogen) atoms. The number of nitrogens with one attached hydrogen (secondary N) is 1. The topological polar surface area (TPSA) is 47.6 Å². The maximum atomic E-state index is 11.4. The fraction of sp³-hybridized carbons (Fsp3) is 0.500. The molecule has 0 aliphatic carbocycles. The first-order chi connectivity index (χ1) is 8.72. The highest BCUT2D eigenvalue weighted by Crippen LogP contribution is 2.11. The number of methoxy groups -OCH3 is 1. The number of aryl methyl sites for hydroxylation is 1. The summed E-state index contributed by atoms with van der Waals surface area (Å²) in [5.74, 6) is 0.811. The smallest absolute Gasteiger partial charge is 0.223 e. The molecule has 0 radical (unpaired) electrons. The van der Waals surface area contributed by atoms with E-state index in [1.54, 1.807) is 7.11 Å². The van der Waals surface area contributed by atoms with Crippen LogP contribution in [0.25, 0.3) is 0 Å². The molecule has 1 N–H and O–H groups in total. The van der Waals surface area contributed by atoms with Crippen molar-refractivity contribution in [3.05, 3.63) is 29.8 Å². The van der Waals surface area contributed by atoms with E-state index in [-0.39, 0.29) is 5.91 Å². The van der Waals surface area contributed by atoms with Crippen LogP contribution < -0.4 is 10.1 Å². The van der Waals surface area contributed by atoms with Crippen LogP contribution in [0, 0.1) is 6.92 Å². The Bertz CT molecular complexity index is 349. The Morgan fingerprint density at radius 1 is 1.22 bits per heavy atom. The second kappa shape index (κ2) is 8.53. The molecule has 1 rings (SSSR count). The van der Waals surface area contributed by atoms with Gasteiger partial charge in [0.25, 0.3) is 0 Å². The van der Waals surface area contributed by atoms with Crippen LogP contribution in [0.4, 0.5) is 0 Å². The van der Waals surface area contributed by atoms with Crippen LogP contribution >= 0.6 is 0 Å². The second-order valence-corrected chi connectivity index (χ2v) is 4.11. The number of carbonyl (C=O) groups is 1. The minimum absolute atomic E-state index is 0.0122. The van der Waals surface area contributed by atoms with Crippen molar-refractivity contribution in [1.29, 1.82) is 0 Å². The fourth-order valence-corrected chi connectivity index (χ4v) is 1.43. The minimum Gasteiger partial charge on any atom is -0.493 e. The monoisotopic (exact) mass is 251 g/mol. The van der Waals surface area contributed by atoms with E-state index < -0.39 is 0 Å². The Hall–Kier alpha value is -1.55. The number of rotatable bonds is 8. The highest BCUT2D eigenvalue weighted by molar-refractivity contribution is 5.75.